The Bertz CT molecular complexity index is 1100. The Morgan fingerprint density at radius 2 is 1.97 bits per heavy atom. The number of sulfonamides is 1. The van der Waals surface area contributed by atoms with Gasteiger partial charge < -0.3 is 10.1 Å². The zero-order chi connectivity index (χ0) is 24.3. The summed E-state index contributed by atoms with van der Waals surface area (Å²) < 4.78 is 34.1. The van der Waals surface area contributed by atoms with E-state index in [0.717, 1.165) is 19.3 Å². The molecule has 3 rings (SSSR count). The topological polar surface area (TPSA) is 119 Å². The van der Waals surface area contributed by atoms with Crippen molar-refractivity contribution in [1.82, 2.24) is 9.62 Å². The molecule has 1 aromatic rings. The minimum atomic E-state index is -3.98. The van der Waals surface area contributed by atoms with E-state index in [2.05, 4.69) is 5.32 Å². The van der Waals surface area contributed by atoms with E-state index in [1.165, 1.54) is 29.6 Å². The lowest BCUT2D eigenvalue weighted by atomic mass is 9.86. The van der Waals surface area contributed by atoms with Crippen LogP contribution < -0.4 is 5.32 Å². The number of nitrogens with one attached hydrogen (secondary N) is 1. The standard InChI is InChI=1S/C23H31N3O6S/c1-5-6-12-25(4)33(30,31)22-16(3)24-15(2)20(23(27)32-14-17-10-11-17)21(22)18-8-7-9-19(13-18)26(28)29/h7-9,13,17,21,24H,5-6,10-12,14H2,1-4H3. The molecule has 2 aliphatic rings. The van der Waals surface area contributed by atoms with E-state index in [-0.39, 0.29) is 22.8 Å². The normalized spacial score (nSPS) is 19.0. The van der Waals surface area contributed by atoms with Crippen molar-refractivity contribution >= 4 is 21.7 Å². The van der Waals surface area contributed by atoms with E-state index in [4.69, 9.17) is 4.74 Å². The molecule has 33 heavy (non-hydrogen) atoms. The third-order valence-electron chi connectivity index (χ3n) is 6.00. The van der Waals surface area contributed by atoms with Gasteiger partial charge in [-0.25, -0.2) is 17.5 Å². The van der Waals surface area contributed by atoms with Crippen molar-refractivity contribution in [2.45, 2.75) is 52.4 Å². The summed E-state index contributed by atoms with van der Waals surface area (Å²) in [6.07, 6.45) is 3.50. The second kappa shape index (κ2) is 10.0. The molecular weight excluding hydrogens is 446 g/mol. The number of hydrogen-bond acceptors (Lipinski definition) is 7. The van der Waals surface area contributed by atoms with Gasteiger partial charge in [0.1, 0.15) is 0 Å². The Morgan fingerprint density at radius 1 is 1.27 bits per heavy atom. The molecule has 1 fully saturated rings. The maximum atomic E-state index is 13.7. The highest BCUT2D eigenvalue weighted by Gasteiger charge is 2.42. The van der Waals surface area contributed by atoms with Gasteiger partial charge in [-0.05, 0) is 44.6 Å². The summed E-state index contributed by atoms with van der Waals surface area (Å²) in [6.45, 7) is 5.89. The Hall–Kier alpha value is -2.72. The summed E-state index contributed by atoms with van der Waals surface area (Å²) >= 11 is 0. The fourth-order valence-corrected chi connectivity index (χ4v) is 5.64. The van der Waals surface area contributed by atoms with Gasteiger partial charge in [-0.2, -0.15) is 0 Å². The summed E-state index contributed by atoms with van der Waals surface area (Å²) in [5.41, 5.74) is 1.18. The Morgan fingerprint density at radius 3 is 2.58 bits per heavy atom. The van der Waals surface area contributed by atoms with Gasteiger partial charge in [0.25, 0.3) is 5.69 Å². The summed E-state index contributed by atoms with van der Waals surface area (Å²) in [5.74, 6) is -1.30. The molecule has 1 unspecified atom stereocenters. The molecule has 1 N–H and O–H groups in total. The van der Waals surface area contributed by atoms with Gasteiger partial charge in [0.05, 0.1) is 27.9 Å². The first-order chi connectivity index (χ1) is 15.6. The van der Waals surface area contributed by atoms with Crippen LogP contribution in [0, 0.1) is 16.0 Å². The molecule has 0 amide bonds. The SMILES string of the molecule is CCCCN(C)S(=O)(=O)C1=C(C)NC(C)=C(C(=O)OCC2CC2)C1c1cccc([N+](=O)[O-])c1. The molecule has 1 aromatic carbocycles. The lowest BCUT2D eigenvalue weighted by Gasteiger charge is -2.33. The zero-order valence-electron chi connectivity index (χ0n) is 19.5. The fraction of sp³-hybridized carbons (Fsp3) is 0.522. The van der Waals surface area contributed by atoms with Crippen molar-refractivity contribution in [2.24, 2.45) is 5.92 Å². The number of nitro benzene ring substituents is 1. The van der Waals surface area contributed by atoms with E-state index in [1.807, 2.05) is 6.92 Å². The predicted octanol–water partition coefficient (Wildman–Crippen LogP) is 3.80. The molecule has 1 atom stereocenters. The minimum Gasteiger partial charge on any atom is -0.462 e. The first-order valence-corrected chi connectivity index (χ1v) is 12.6. The number of nitro groups is 1. The van der Waals surface area contributed by atoms with Crippen LogP contribution in [-0.2, 0) is 19.6 Å². The Kier molecular flexibility index (Phi) is 7.58. The number of ether oxygens (including phenoxy) is 1. The molecule has 1 heterocycles. The van der Waals surface area contributed by atoms with Crippen LogP contribution in [0.4, 0.5) is 5.69 Å². The molecule has 0 radical (unpaired) electrons. The molecule has 1 saturated carbocycles. The number of rotatable bonds is 10. The molecule has 1 aliphatic heterocycles. The van der Waals surface area contributed by atoms with Crippen LogP contribution in [0.15, 0.2) is 46.1 Å². The number of dihydropyridines is 1. The van der Waals surface area contributed by atoms with Crippen molar-refractivity contribution in [1.29, 1.82) is 0 Å². The van der Waals surface area contributed by atoms with Gasteiger partial charge in [-0.3, -0.25) is 10.1 Å². The third-order valence-corrected chi connectivity index (χ3v) is 8.10. The van der Waals surface area contributed by atoms with Gasteiger partial charge in [0.2, 0.25) is 10.0 Å². The van der Waals surface area contributed by atoms with Crippen LogP contribution in [0.25, 0.3) is 0 Å². The average Bonchev–Trinajstić information content (AvgIpc) is 3.59. The van der Waals surface area contributed by atoms with Gasteiger partial charge in [-0.1, -0.05) is 25.5 Å². The quantitative estimate of drug-likeness (QED) is 0.309. The summed E-state index contributed by atoms with van der Waals surface area (Å²) in [6, 6.07) is 5.77. The molecule has 0 spiro atoms. The Labute approximate surface area is 194 Å². The monoisotopic (exact) mass is 477 g/mol. The van der Waals surface area contributed by atoms with Crippen molar-refractivity contribution in [3.8, 4) is 0 Å². The number of unbranched alkanes of at least 4 members (excludes halogenated alkanes) is 1. The lowest BCUT2D eigenvalue weighted by molar-refractivity contribution is -0.384. The van der Waals surface area contributed by atoms with Crippen LogP contribution in [0.5, 0.6) is 0 Å². The average molecular weight is 478 g/mol. The molecule has 10 heteroatoms. The highest BCUT2D eigenvalue weighted by atomic mass is 32.2. The van der Waals surface area contributed by atoms with Gasteiger partial charge in [0, 0.05) is 37.1 Å². The first kappa shape index (κ1) is 24.9. The number of esters is 1. The number of carbonyl (C=O) groups is 1. The fourth-order valence-electron chi connectivity index (χ4n) is 3.95. The highest BCUT2D eigenvalue weighted by molar-refractivity contribution is 7.93. The molecule has 0 saturated heterocycles. The number of benzene rings is 1. The van der Waals surface area contributed by atoms with Crippen LogP contribution in [-0.4, -0.2) is 43.8 Å². The smallest absolute Gasteiger partial charge is 0.336 e. The van der Waals surface area contributed by atoms with Crippen molar-refractivity contribution < 1.29 is 22.9 Å². The number of hydrogen-bond donors (Lipinski definition) is 1. The van der Waals surface area contributed by atoms with Gasteiger partial charge in [-0.15, -0.1) is 0 Å². The van der Waals surface area contributed by atoms with Crippen LogP contribution >= 0.6 is 0 Å². The van der Waals surface area contributed by atoms with Crippen molar-refractivity contribution in [3.05, 3.63) is 61.8 Å². The minimum absolute atomic E-state index is 0.00516. The Balaban J connectivity index is 2.13. The number of non-ortho nitro benzene ring substituents is 1. The van der Waals surface area contributed by atoms with Crippen LogP contribution in [0.2, 0.25) is 0 Å². The van der Waals surface area contributed by atoms with E-state index >= 15 is 0 Å². The van der Waals surface area contributed by atoms with E-state index in [0.29, 0.717) is 35.8 Å². The van der Waals surface area contributed by atoms with E-state index in [1.54, 1.807) is 19.9 Å². The number of carbonyl (C=O) groups excluding carboxylic acids is 1. The molecule has 0 aromatic heterocycles. The third kappa shape index (κ3) is 5.44. The molecule has 0 bridgehead atoms. The largest absolute Gasteiger partial charge is 0.462 e. The van der Waals surface area contributed by atoms with Gasteiger partial charge in [0.15, 0.2) is 0 Å². The summed E-state index contributed by atoms with van der Waals surface area (Å²) in [4.78, 5) is 24.1. The highest BCUT2D eigenvalue weighted by Crippen LogP contribution is 2.43. The van der Waals surface area contributed by atoms with E-state index in [9.17, 15) is 23.3 Å². The molecule has 1 aliphatic carbocycles. The van der Waals surface area contributed by atoms with E-state index < -0.39 is 26.8 Å². The maximum Gasteiger partial charge on any atom is 0.336 e. The molecule has 180 valence electrons. The number of nitrogens with zero attached hydrogens (tertiary/aromatic N) is 2. The second-order valence-electron chi connectivity index (χ2n) is 8.66. The summed E-state index contributed by atoms with van der Waals surface area (Å²) in [7, 11) is -2.48. The lowest BCUT2D eigenvalue weighted by Crippen LogP contribution is -2.37. The number of allylic oxidation sites excluding steroid dienone is 3. The maximum absolute atomic E-state index is 13.7. The second-order valence-corrected chi connectivity index (χ2v) is 10.7. The van der Waals surface area contributed by atoms with Crippen molar-refractivity contribution in [3.63, 3.8) is 0 Å². The summed E-state index contributed by atoms with van der Waals surface area (Å²) in [5, 5.41) is 14.5. The predicted molar refractivity (Wildman–Crippen MR) is 125 cm³/mol. The van der Waals surface area contributed by atoms with Crippen molar-refractivity contribution in [2.75, 3.05) is 20.2 Å². The van der Waals surface area contributed by atoms with Crippen LogP contribution in [0.3, 0.4) is 0 Å². The molecular formula is C23H31N3O6S. The van der Waals surface area contributed by atoms with Gasteiger partial charge >= 0.3 is 5.97 Å². The van der Waals surface area contributed by atoms with Crippen LogP contribution in [0.1, 0.15) is 57.9 Å². The zero-order valence-corrected chi connectivity index (χ0v) is 20.3. The first-order valence-electron chi connectivity index (χ1n) is 11.1. The molecule has 9 nitrogen and oxygen atoms in total.